The van der Waals surface area contributed by atoms with Gasteiger partial charge in [-0.15, -0.1) is 0 Å². The first kappa shape index (κ1) is 16.8. The van der Waals surface area contributed by atoms with E-state index >= 15 is 0 Å². The number of hydrogen-bond donors (Lipinski definition) is 1. The van der Waals surface area contributed by atoms with Crippen molar-refractivity contribution in [2.75, 3.05) is 0 Å². The third-order valence-corrected chi connectivity index (χ3v) is 4.64. The number of hydrogen-bond acceptors (Lipinski definition) is 3. The summed E-state index contributed by atoms with van der Waals surface area (Å²) in [6.07, 6.45) is 4.98. The fraction of sp³-hybridized carbons (Fsp3) is 0.222. The van der Waals surface area contributed by atoms with Gasteiger partial charge in [0.1, 0.15) is 0 Å². The Kier molecular flexibility index (Phi) is 4.49. The van der Waals surface area contributed by atoms with Gasteiger partial charge in [0, 0.05) is 27.7 Å². The maximum absolute atomic E-state index is 12.7. The summed E-state index contributed by atoms with van der Waals surface area (Å²) >= 11 is 2.22. The fourth-order valence-electron chi connectivity index (χ4n) is 2.69. The van der Waals surface area contributed by atoms with Crippen LogP contribution < -0.4 is 11.0 Å². The van der Waals surface area contributed by atoms with Gasteiger partial charge in [-0.1, -0.05) is 26.0 Å². The molecule has 0 radical (unpaired) electrons. The van der Waals surface area contributed by atoms with Crippen molar-refractivity contribution in [1.82, 2.24) is 8.97 Å². The predicted molar refractivity (Wildman–Crippen MR) is 102 cm³/mol. The van der Waals surface area contributed by atoms with E-state index in [0.717, 1.165) is 9.13 Å². The van der Waals surface area contributed by atoms with Crippen molar-refractivity contribution in [3.05, 3.63) is 78.1 Å². The van der Waals surface area contributed by atoms with E-state index in [1.807, 2.05) is 38.1 Å². The molecule has 2 heterocycles. The van der Waals surface area contributed by atoms with Crippen molar-refractivity contribution in [3.8, 4) is 5.75 Å². The summed E-state index contributed by atoms with van der Waals surface area (Å²) in [5.74, 6) is -0.516. The molecule has 0 aliphatic heterocycles. The highest BCUT2D eigenvalue weighted by atomic mass is 127. The molecule has 1 aromatic carbocycles. The van der Waals surface area contributed by atoms with E-state index in [1.165, 1.54) is 8.97 Å². The molecule has 0 bridgehead atoms. The SMILES string of the molecule is CC(C)c1cn2ccn(Cc3cccc(I)c3)c(=O)c2c(O)c1=O. The lowest BCUT2D eigenvalue weighted by atomic mass is 10.0. The van der Waals surface area contributed by atoms with Crippen molar-refractivity contribution in [3.63, 3.8) is 0 Å². The van der Waals surface area contributed by atoms with Gasteiger partial charge in [-0.05, 0) is 46.2 Å². The van der Waals surface area contributed by atoms with Crippen LogP contribution in [0.4, 0.5) is 0 Å². The van der Waals surface area contributed by atoms with Gasteiger partial charge in [0.25, 0.3) is 5.56 Å². The monoisotopic (exact) mass is 436 g/mol. The Morgan fingerprint density at radius 2 is 1.96 bits per heavy atom. The molecule has 3 aromatic rings. The van der Waals surface area contributed by atoms with Gasteiger partial charge < -0.3 is 14.1 Å². The molecule has 5 nitrogen and oxygen atoms in total. The van der Waals surface area contributed by atoms with Crippen molar-refractivity contribution in [2.45, 2.75) is 26.3 Å². The molecular weight excluding hydrogens is 419 g/mol. The van der Waals surface area contributed by atoms with E-state index in [9.17, 15) is 14.7 Å². The van der Waals surface area contributed by atoms with Crippen molar-refractivity contribution >= 4 is 28.1 Å². The summed E-state index contributed by atoms with van der Waals surface area (Å²) in [4.78, 5) is 25.0. The zero-order valence-corrected chi connectivity index (χ0v) is 15.5. The van der Waals surface area contributed by atoms with Crippen molar-refractivity contribution in [1.29, 1.82) is 0 Å². The van der Waals surface area contributed by atoms with Crippen LogP contribution in [-0.4, -0.2) is 14.1 Å². The lowest BCUT2D eigenvalue weighted by molar-refractivity contribution is 0.470. The largest absolute Gasteiger partial charge is 0.503 e. The summed E-state index contributed by atoms with van der Waals surface area (Å²) in [7, 11) is 0. The second-order valence-corrected chi connectivity index (χ2v) is 7.28. The van der Waals surface area contributed by atoms with Crippen LogP contribution >= 0.6 is 22.6 Å². The minimum absolute atomic E-state index is 0.0116. The van der Waals surface area contributed by atoms with Crippen LogP contribution in [0.15, 0.2) is 52.4 Å². The molecule has 0 amide bonds. The summed E-state index contributed by atoms with van der Waals surface area (Å²) in [5.41, 5.74) is 0.613. The highest BCUT2D eigenvalue weighted by Crippen LogP contribution is 2.17. The summed E-state index contributed by atoms with van der Waals surface area (Å²) in [6, 6.07) is 7.84. The molecule has 2 aromatic heterocycles. The van der Waals surface area contributed by atoms with E-state index in [1.54, 1.807) is 18.6 Å². The molecule has 0 unspecified atom stereocenters. The van der Waals surface area contributed by atoms with Crippen LogP contribution in [0.1, 0.15) is 30.9 Å². The first-order valence-corrected chi connectivity index (χ1v) is 8.68. The standard InChI is InChI=1S/C18H17IN2O3/c1-11(2)14-10-20-6-7-21(9-12-4-3-5-13(19)8-12)18(24)15(20)17(23)16(14)22/h3-8,10-11,23H,9H2,1-2H3. The molecule has 0 atom stereocenters. The average molecular weight is 436 g/mol. The molecule has 6 heteroatoms. The molecule has 0 saturated carbocycles. The van der Waals surface area contributed by atoms with Crippen molar-refractivity contribution < 1.29 is 5.11 Å². The van der Waals surface area contributed by atoms with Crippen LogP contribution in [0.3, 0.4) is 0 Å². The second kappa shape index (κ2) is 6.43. The van der Waals surface area contributed by atoms with Crippen molar-refractivity contribution in [2.24, 2.45) is 0 Å². The molecule has 24 heavy (non-hydrogen) atoms. The molecule has 0 aliphatic carbocycles. The Hall–Kier alpha value is -2.09. The molecule has 0 saturated heterocycles. The number of aromatic hydroxyl groups is 1. The molecule has 0 fully saturated rings. The first-order valence-electron chi connectivity index (χ1n) is 7.60. The maximum Gasteiger partial charge on any atom is 0.279 e. The lowest BCUT2D eigenvalue weighted by Gasteiger charge is -2.12. The third-order valence-electron chi connectivity index (χ3n) is 3.97. The summed E-state index contributed by atoms with van der Waals surface area (Å²) in [6.45, 7) is 4.13. The Bertz CT molecular complexity index is 1030. The van der Waals surface area contributed by atoms with Crippen LogP contribution in [0.25, 0.3) is 5.52 Å². The van der Waals surface area contributed by atoms with Gasteiger partial charge in [0.15, 0.2) is 11.3 Å². The smallest absolute Gasteiger partial charge is 0.279 e. The quantitative estimate of drug-likeness (QED) is 0.643. The van der Waals surface area contributed by atoms with Gasteiger partial charge in [-0.3, -0.25) is 9.59 Å². The van der Waals surface area contributed by atoms with E-state index in [-0.39, 0.29) is 17.0 Å². The second-order valence-electron chi connectivity index (χ2n) is 6.03. The number of pyridine rings is 1. The number of rotatable bonds is 3. The highest BCUT2D eigenvalue weighted by molar-refractivity contribution is 14.1. The average Bonchev–Trinajstić information content (AvgIpc) is 2.53. The molecule has 0 aliphatic rings. The van der Waals surface area contributed by atoms with E-state index in [0.29, 0.717) is 12.1 Å². The van der Waals surface area contributed by atoms with Crippen LogP contribution in [0, 0.1) is 3.57 Å². The normalized spacial score (nSPS) is 11.3. The summed E-state index contributed by atoms with van der Waals surface area (Å²) < 4.78 is 4.11. The highest BCUT2D eigenvalue weighted by Gasteiger charge is 2.16. The minimum atomic E-state index is -0.483. The lowest BCUT2D eigenvalue weighted by Crippen LogP contribution is -2.25. The Morgan fingerprint density at radius 3 is 2.62 bits per heavy atom. The van der Waals surface area contributed by atoms with E-state index in [4.69, 9.17) is 0 Å². The van der Waals surface area contributed by atoms with Gasteiger partial charge in [0.05, 0.1) is 6.54 Å². The number of fused-ring (bicyclic) bond motifs is 1. The Balaban J connectivity index is 2.18. The van der Waals surface area contributed by atoms with E-state index < -0.39 is 11.2 Å². The number of aromatic nitrogens is 2. The van der Waals surface area contributed by atoms with E-state index in [2.05, 4.69) is 22.6 Å². The number of nitrogens with zero attached hydrogens (tertiary/aromatic N) is 2. The Morgan fingerprint density at radius 1 is 1.21 bits per heavy atom. The molecule has 124 valence electrons. The van der Waals surface area contributed by atoms with Crippen LogP contribution in [0.2, 0.25) is 0 Å². The van der Waals surface area contributed by atoms with Crippen LogP contribution in [0.5, 0.6) is 5.75 Å². The zero-order valence-electron chi connectivity index (χ0n) is 13.4. The summed E-state index contributed by atoms with van der Waals surface area (Å²) in [5, 5.41) is 10.3. The minimum Gasteiger partial charge on any atom is -0.503 e. The Labute approximate surface area is 152 Å². The van der Waals surface area contributed by atoms with Gasteiger partial charge in [-0.25, -0.2) is 0 Å². The maximum atomic E-state index is 12.7. The molecular formula is C18H17IN2O3. The molecule has 1 N–H and O–H groups in total. The number of halogens is 1. The van der Waals surface area contributed by atoms with Gasteiger partial charge >= 0.3 is 0 Å². The molecule has 3 rings (SSSR count). The third kappa shape index (κ3) is 2.98. The number of benzene rings is 1. The van der Waals surface area contributed by atoms with Gasteiger partial charge in [-0.2, -0.15) is 0 Å². The fourth-order valence-corrected chi connectivity index (χ4v) is 3.30. The first-order chi connectivity index (χ1) is 11.4. The topological polar surface area (TPSA) is 63.7 Å². The molecule has 0 spiro atoms. The predicted octanol–water partition coefficient (Wildman–Crippen LogP) is 2.94. The van der Waals surface area contributed by atoms with Gasteiger partial charge in [0.2, 0.25) is 5.43 Å². The van der Waals surface area contributed by atoms with Crippen LogP contribution in [-0.2, 0) is 6.54 Å². The zero-order chi connectivity index (χ0) is 17.4.